The van der Waals surface area contributed by atoms with Crippen molar-refractivity contribution in [1.29, 1.82) is 0 Å². The lowest BCUT2D eigenvalue weighted by Gasteiger charge is -2.09. The van der Waals surface area contributed by atoms with Gasteiger partial charge in [-0.25, -0.2) is 0 Å². The first-order valence-electron chi connectivity index (χ1n) is 6.26. The van der Waals surface area contributed by atoms with Crippen LogP contribution in [0.4, 0.5) is 11.4 Å². The van der Waals surface area contributed by atoms with Gasteiger partial charge < -0.3 is 11.1 Å². The smallest absolute Gasteiger partial charge is 0.237 e. The second-order valence-electron chi connectivity index (χ2n) is 4.54. The van der Waals surface area contributed by atoms with Crippen molar-refractivity contribution in [3.8, 4) is 0 Å². The van der Waals surface area contributed by atoms with Crippen LogP contribution in [0.5, 0.6) is 0 Å². The average molecular weight is 367 g/mol. The van der Waals surface area contributed by atoms with Crippen molar-refractivity contribution < 1.29 is 9.00 Å². The van der Waals surface area contributed by atoms with Gasteiger partial charge in [-0.1, -0.05) is 12.1 Å². The molecule has 0 aromatic heterocycles. The number of hydrogen-bond donors (Lipinski definition) is 2. The van der Waals surface area contributed by atoms with Gasteiger partial charge in [-0.3, -0.25) is 9.00 Å². The normalized spacial score (nSPS) is 11.9. The van der Waals surface area contributed by atoms with Gasteiger partial charge in [-0.05, 0) is 58.7 Å². The number of carbonyl (C=O) groups excluding carboxylic acids is 1. The van der Waals surface area contributed by atoms with Crippen molar-refractivity contribution >= 4 is 44.0 Å². The molecule has 4 nitrogen and oxygen atoms in total. The summed E-state index contributed by atoms with van der Waals surface area (Å²) in [5, 5.41) is 2.75. The topological polar surface area (TPSA) is 72.2 Å². The maximum absolute atomic E-state index is 12.2. The SMILES string of the molecule is Cc1cc(N)ccc1NC(=O)CS(=O)c1ccccc1Br. The van der Waals surface area contributed by atoms with Crippen molar-refractivity contribution in [2.24, 2.45) is 0 Å². The lowest BCUT2D eigenvalue weighted by Crippen LogP contribution is -2.20. The van der Waals surface area contributed by atoms with E-state index >= 15 is 0 Å². The molecule has 1 unspecified atom stereocenters. The first-order chi connectivity index (χ1) is 9.97. The molecule has 0 aliphatic rings. The summed E-state index contributed by atoms with van der Waals surface area (Å²) >= 11 is 3.33. The summed E-state index contributed by atoms with van der Waals surface area (Å²) in [5.41, 5.74) is 7.86. The van der Waals surface area contributed by atoms with E-state index in [0.29, 0.717) is 16.3 Å². The fourth-order valence-electron chi connectivity index (χ4n) is 1.84. The number of anilines is 2. The number of nitrogens with one attached hydrogen (secondary N) is 1. The number of aryl methyl sites for hydroxylation is 1. The molecule has 6 heteroatoms. The van der Waals surface area contributed by atoms with Crippen LogP contribution in [0.2, 0.25) is 0 Å². The van der Waals surface area contributed by atoms with Gasteiger partial charge in [-0.2, -0.15) is 0 Å². The Hall–Kier alpha value is -1.66. The number of nitrogens with two attached hydrogens (primary N) is 1. The Morgan fingerprint density at radius 2 is 2.00 bits per heavy atom. The summed E-state index contributed by atoms with van der Waals surface area (Å²) in [6.07, 6.45) is 0. The zero-order valence-corrected chi connectivity index (χ0v) is 13.8. The third kappa shape index (κ3) is 4.15. The van der Waals surface area contributed by atoms with Crippen molar-refractivity contribution in [2.75, 3.05) is 16.8 Å². The number of carbonyl (C=O) groups is 1. The Bertz CT molecular complexity index is 704. The van der Waals surface area contributed by atoms with Gasteiger partial charge in [0.25, 0.3) is 0 Å². The molecule has 0 spiro atoms. The minimum absolute atomic E-state index is 0.0908. The summed E-state index contributed by atoms with van der Waals surface area (Å²) < 4.78 is 12.9. The molecular weight excluding hydrogens is 352 g/mol. The summed E-state index contributed by atoms with van der Waals surface area (Å²) in [6, 6.07) is 12.4. The molecule has 2 rings (SSSR count). The number of amides is 1. The van der Waals surface area contributed by atoms with E-state index < -0.39 is 10.8 Å². The molecule has 0 aliphatic carbocycles. The Kier molecular flexibility index (Phi) is 5.14. The molecule has 1 amide bonds. The number of nitrogen functional groups attached to an aromatic ring is 1. The monoisotopic (exact) mass is 366 g/mol. The van der Waals surface area contributed by atoms with E-state index in [0.717, 1.165) is 10.0 Å². The maximum atomic E-state index is 12.2. The first-order valence-corrected chi connectivity index (χ1v) is 8.37. The van der Waals surface area contributed by atoms with E-state index in [-0.39, 0.29) is 11.7 Å². The van der Waals surface area contributed by atoms with Crippen LogP contribution in [0, 0.1) is 6.92 Å². The predicted octanol–water partition coefficient (Wildman–Crippen LogP) is 3.09. The summed E-state index contributed by atoms with van der Waals surface area (Å²) in [4.78, 5) is 12.6. The van der Waals surface area contributed by atoms with Crippen molar-refractivity contribution in [3.05, 3.63) is 52.5 Å². The van der Waals surface area contributed by atoms with E-state index in [1.54, 1.807) is 36.4 Å². The zero-order valence-electron chi connectivity index (χ0n) is 11.4. The average Bonchev–Trinajstić information content (AvgIpc) is 2.42. The zero-order chi connectivity index (χ0) is 15.4. The summed E-state index contributed by atoms with van der Waals surface area (Å²) in [7, 11) is -1.39. The first kappa shape index (κ1) is 15.7. The van der Waals surface area contributed by atoms with E-state index in [1.165, 1.54) is 0 Å². The minimum atomic E-state index is -1.39. The molecular formula is C15H15BrN2O2S. The number of benzene rings is 2. The Balaban J connectivity index is 2.05. The van der Waals surface area contributed by atoms with Gasteiger partial charge in [0.2, 0.25) is 5.91 Å². The number of rotatable bonds is 4. The molecule has 0 saturated carbocycles. The molecule has 0 aliphatic heterocycles. The molecule has 0 fully saturated rings. The van der Waals surface area contributed by atoms with Crippen molar-refractivity contribution in [3.63, 3.8) is 0 Å². The van der Waals surface area contributed by atoms with Gasteiger partial charge >= 0.3 is 0 Å². The van der Waals surface area contributed by atoms with Crippen molar-refractivity contribution in [1.82, 2.24) is 0 Å². The number of halogens is 1. The van der Waals surface area contributed by atoms with Gasteiger partial charge in [0.1, 0.15) is 5.75 Å². The van der Waals surface area contributed by atoms with Crippen LogP contribution in [-0.4, -0.2) is 15.9 Å². The second kappa shape index (κ2) is 6.87. The van der Waals surface area contributed by atoms with E-state index in [9.17, 15) is 9.00 Å². The summed E-state index contributed by atoms with van der Waals surface area (Å²) in [5.74, 6) is -0.385. The third-order valence-corrected chi connectivity index (χ3v) is 5.19. The van der Waals surface area contributed by atoms with Crippen LogP contribution in [0.15, 0.2) is 51.8 Å². The van der Waals surface area contributed by atoms with Gasteiger partial charge in [-0.15, -0.1) is 0 Å². The highest BCUT2D eigenvalue weighted by molar-refractivity contribution is 9.10. The van der Waals surface area contributed by atoms with E-state index in [1.807, 2.05) is 13.0 Å². The maximum Gasteiger partial charge on any atom is 0.237 e. The summed E-state index contributed by atoms with van der Waals surface area (Å²) in [6.45, 7) is 1.86. The standard InChI is InChI=1S/C15H15BrN2O2S/c1-10-8-11(17)6-7-13(10)18-15(19)9-21(20)14-5-3-2-4-12(14)16/h2-8H,9,17H2,1H3,(H,18,19). The molecule has 2 aromatic rings. The van der Waals surface area contributed by atoms with Gasteiger partial charge in [0.15, 0.2) is 0 Å². The highest BCUT2D eigenvalue weighted by Crippen LogP contribution is 2.21. The number of hydrogen-bond acceptors (Lipinski definition) is 3. The van der Waals surface area contributed by atoms with Crippen LogP contribution in [0.3, 0.4) is 0 Å². The lowest BCUT2D eigenvalue weighted by atomic mass is 10.2. The fourth-order valence-corrected chi connectivity index (χ4v) is 3.65. The Labute approximate surface area is 134 Å². The van der Waals surface area contributed by atoms with Gasteiger partial charge in [0, 0.05) is 15.8 Å². The molecule has 2 aromatic carbocycles. The predicted molar refractivity (Wildman–Crippen MR) is 89.6 cm³/mol. The molecule has 21 heavy (non-hydrogen) atoms. The third-order valence-electron chi connectivity index (χ3n) is 2.87. The highest BCUT2D eigenvalue weighted by atomic mass is 79.9. The van der Waals surface area contributed by atoms with Crippen molar-refractivity contribution in [2.45, 2.75) is 11.8 Å². The molecule has 0 radical (unpaired) electrons. The quantitative estimate of drug-likeness (QED) is 0.816. The lowest BCUT2D eigenvalue weighted by molar-refractivity contribution is -0.113. The molecule has 0 bridgehead atoms. The fraction of sp³-hybridized carbons (Fsp3) is 0.133. The molecule has 110 valence electrons. The molecule has 3 N–H and O–H groups in total. The molecule has 0 saturated heterocycles. The van der Waals surface area contributed by atoms with E-state index in [4.69, 9.17) is 5.73 Å². The second-order valence-corrected chi connectivity index (χ2v) is 6.82. The Morgan fingerprint density at radius 3 is 2.67 bits per heavy atom. The Morgan fingerprint density at radius 1 is 1.29 bits per heavy atom. The van der Waals surface area contributed by atoms with Crippen LogP contribution in [0.25, 0.3) is 0 Å². The van der Waals surface area contributed by atoms with Crippen LogP contribution in [0.1, 0.15) is 5.56 Å². The largest absolute Gasteiger partial charge is 0.399 e. The molecule has 1 atom stereocenters. The van der Waals surface area contributed by atoms with E-state index in [2.05, 4.69) is 21.2 Å². The highest BCUT2D eigenvalue weighted by Gasteiger charge is 2.13. The van der Waals surface area contributed by atoms with Crippen LogP contribution in [-0.2, 0) is 15.6 Å². The van der Waals surface area contributed by atoms with Crippen LogP contribution < -0.4 is 11.1 Å². The van der Waals surface area contributed by atoms with Crippen LogP contribution >= 0.6 is 15.9 Å². The minimum Gasteiger partial charge on any atom is -0.399 e. The van der Waals surface area contributed by atoms with Gasteiger partial charge in [0.05, 0.1) is 15.7 Å². The molecule has 0 heterocycles.